The van der Waals surface area contributed by atoms with E-state index in [4.69, 9.17) is 4.74 Å². The van der Waals surface area contributed by atoms with Crippen LogP contribution in [-0.2, 0) is 11.3 Å². The van der Waals surface area contributed by atoms with Crippen molar-refractivity contribution in [1.82, 2.24) is 20.4 Å². The van der Waals surface area contributed by atoms with E-state index in [1.807, 2.05) is 24.0 Å². The monoisotopic (exact) mass is 381 g/mol. The molecule has 0 amide bonds. The minimum Gasteiger partial charge on any atom is -0.385 e. The first-order valence-electron chi connectivity index (χ1n) is 6.18. The fraction of sp³-hybridized carbons (Fsp3) is 0.667. The molecule has 1 heterocycles. The summed E-state index contributed by atoms with van der Waals surface area (Å²) in [6.45, 7) is 5.27. The maximum absolute atomic E-state index is 4.99. The molecule has 2 N–H and O–H groups in total. The number of aromatic nitrogens is 2. The van der Waals surface area contributed by atoms with Crippen LogP contribution in [0.4, 0.5) is 0 Å². The molecule has 1 aromatic heterocycles. The summed E-state index contributed by atoms with van der Waals surface area (Å²) >= 11 is 0. The Morgan fingerprint density at radius 2 is 2.16 bits per heavy atom. The SMILES string of the molecule is CN=C(NCCCOC)NCCn1cc(C)cn1.I. The van der Waals surface area contributed by atoms with Crippen LogP contribution in [0.5, 0.6) is 0 Å². The first kappa shape index (κ1) is 18.2. The van der Waals surface area contributed by atoms with Gasteiger partial charge in [-0.1, -0.05) is 0 Å². The van der Waals surface area contributed by atoms with E-state index in [0.717, 1.165) is 38.6 Å². The molecule has 6 nitrogen and oxygen atoms in total. The predicted octanol–water partition coefficient (Wildman–Crippen LogP) is 1.01. The number of guanidine groups is 1. The van der Waals surface area contributed by atoms with Crippen molar-refractivity contribution in [2.75, 3.05) is 33.9 Å². The van der Waals surface area contributed by atoms with Gasteiger partial charge < -0.3 is 15.4 Å². The predicted molar refractivity (Wildman–Crippen MR) is 88.2 cm³/mol. The van der Waals surface area contributed by atoms with Crippen LogP contribution in [0.2, 0.25) is 0 Å². The van der Waals surface area contributed by atoms with Gasteiger partial charge in [0.25, 0.3) is 0 Å². The summed E-state index contributed by atoms with van der Waals surface area (Å²) in [5, 5.41) is 10.7. The second kappa shape index (κ2) is 11.0. The zero-order valence-corrected chi connectivity index (χ0v) is 14.2. The van der Waals surface area contributed by atoms with Gasteiger partial charge in [0, 0.05) is 40.1 Å². The second-order valence-corrected chi connectivity index (χ2v) is 4.05. The van der Waals surface area contributed by atoms with Gasteiger partial charge in [0.2, 0.25) is 0 Å². The van der Waals surface area contributed by atoms with Crippen LogP contribution in [-0.4, -0.2) is 49.6 Å². The van der Waals surface area contributed by atoms with Gasteiger partial charge >= 0.3 is 0 Å². The Kier molecular flexibility index (Phi) is 10.6. The van der Waals surface area contributed by atoms with E-state index in [0.29, 0.717) is 0 Å². The number of hydrogen-bond acceptors (Lipinski definition) is 3. The number of aryl methyl sites for hydroxylation is 1. The van der Waals surface area contributed by atoms with Gasteiger partial charge in [-0.3, -0.25) is 9.67 Å². The molecule has 0 fully saturated rings. The summed E-state index contributed by atoms with van der Waals surface area (Å²) in [7, 11) is 3.48. The molecule has 1 aromatic rings. The third-order valence-electron chi connectivity index (χ3n) is 2.44. The average molecular weight is 381 g/mol. The second-order valence-electron chi connectivity index (χ2n) is 4.05. The maximum atomic E-state index is 4.99. The van der Waals surface area contributed by atoms with Crippen LogP contribution in [0.1, 0.15) is 12.0 Å². The molecule has 0 spiro atoms. The Labute approximate surface area is 132 Å². The molecule has 0 bridgehead atoms. The average Bonchev–Trinajstić information content (AvgIpc) is 2.78. The maximum Gasteiger partial charge on any atom is 0.191 e. The number of aliphatic imine (C=N–C) groups is 1. The molecule has 0 saturated heterocycles. The third-order valence-corrected chi connectivity index (χ3v) is 2.44. The molecule has 110 valence electrons. The number of halogens is 1. The lowest BCUT2D eigenvalue weighted by atomic mass is 10.4. The fourth-order valence-corrected chi connectivity index (χ4v) is 1.52. The first-order chi connectivity index (χ1) is 8.76. The van der Waals surface area contributed by atoms with Gasteiger partial charge in [-0.25, -0.2) is 0 Å². The molecule has 0 aliphatic heterocycles. The Morgan fingerprint density at radius 3 is 2.74 bits per heavy atom. The van der Waals surface area contributed by atoms with Crippen molar-refractivity contribution < 1.29 is 4.74 Å². The highest BCUT2D eigenvalue weighted by molar-refractivity contribution is 14.0. The highest BCUT2D eigenvalue weighted by Crippen LogP contribution is 1.92. The summed E-state index contributed by atoms with van der Waals surface area (Å²) in [6.07, 6.45) is 4.85. The van der Waals surface area contributed by atoms with Crippen molar-refractivity contribution in [1.29, 1.82) is 0 Å². The summed E-state index contributed by atoms with van der Waals surface area (Å²) in [5.41, 5.74) is 1.18. The molecule has 0 aromatic carbocycles. The van der Waals surface area contributed by atoms with E-state index in [2.05, 4.69) is 20.7 Å². The quantitative estimate of drug-likeness (QED) is 0.320. The van der Waals surface area contributed by atoms with Crippen LogP contribution in [0.15, 0.2) is 17.4 Å². The van der Waals surface area contributed by atoms with Gasteiger partial charge in [0.05, 0.1) is 12.7 Å². The van der Waals surface area contributed by atoms with E-state index in [9.17, 15) is 0 Å². The smallest absolute Gasteiger partial charge is 0.191 e. The van der Waals surface area contributed by atoms with Gasteiger partial charge in [0.15, 0.2) is 5.96 Å². The lowest BCUT2D eigenvalue weighted by molar-refractivity contribution is 0.195. The highest BCUT2D eigenvalue weighted by Gasteiger charge is 1.97. The lowest BCUT2D eigenvalue weighted by Gasteiger charge is -2.11. The molecule has 0 radical (unpaired) electrons. The number of rotatable bonds is 7. The van der Waals surface area contributed by atoms with E-state index >= 15 is 0 Å². The van der Waals surface area contributed by atoms with E-state index in [-0.39, 0.29) is 24.0 Å². The van der Waals surface area contributed by atoms with Crippen molar-refractivity contribution in [3.05, 3.63) is 18.0 Å². The van der Waals surface area contributed by atoms with Crippen LogP contribution >= 0.6 is 24.0 Å². The molecule has 1 rings (SSSR count). The van der Waals surface area contributed by atoms with Gasteiger partial charge in [-0.05, 0) is 18.9 Å². The van der Waals surface area contributed by atoms with Crippen molar-refractivity contribution in [3.63, 3.8) is 0 Å². The molecule has 0 saturated carbocycles. The largest absolute Gasteiger partial charge is 0.385 e. The Bertz CT molecular complexity index is 367. The van der Waals surface area contributed by atoms with Gasteiger partial charge in [0.1, 0.15) is 0 Å². The summed E-state index contributed by atoms with van der Waals surface area (Å²) in [6, 6.07) is 0. The van der Waals surface area contributed by atoms with Crippen LogP contribution < -0.4 is 10.6 Å². The minimum atomic E-state index is 0. The zero-order valence-electron chi connectivity index (χ0n) is 11.8. The van der Waals surface area contributed by atoms with Crippen LogP contribution in [0.3, 0.4) is 0 Å². The third kappa shape index (κ3) is 8.04. The molecular formula is C12H24IN5O. The molecule has 19 heavy (non-hydrogen) atoms. The molecule has 0 aliphatic carbocycles. The van der Waals surface area contributed by atoms with Crippen molar-refractivity contribution >= 4 is 29.9 Å². The Hall–Kier alpha value is -0.830. The summed E-state index contributed by atoms with van der Waals surface area (Å²) in [4.78, 5) is 4.15. The highest BCUT2D eigenvalue weighted by atomic mass is 127. The standard InChI is InChI=1S/C12H23N5O.HI/c1-11-9-16-17(10-11)7-6-15-12(13-2)14-5-4-8-18-3;/h9-10H,4-8H2,1-3H3,(H2,13,14,15);1H. The number of methoxy groups -OCH3 is 1. The van der Waals surface area contributed by atoms with E-state index in [1.54, 1.807) is 14.2 Å². The van der Waals surface area contributed by atoms with E-state index < -0.39 is 0 Å². The molecule has 0 unspecified atom stereocenters. The van der Waals surface area contributed by atoms with Crippen LogP contribution in [0, 0.1) is 6.92 Å². The van der Waals surface area contributed by atoms with Crippen molar-refractivity contribution in [2.45, 2.75) is 19.9 Å². The van der Waals surface area contributed by atoms with Gasteiger partial charge in [-0.15, -0.1) is 24.0 Å². The number of hydrogen-bond donors (Lipinski definition) is 2. The molecule has 7 heteroatoms. The van der Waals surface area contributed by atoms with E-state index in [1.165, 1.54) is 5.56 Å². The summed E-state index contributed by atoms with van der Waals surface area (Å²) < 4.78 is 6.90. The Morgan fingerprint density at radius 1 is 1.42 bits per heavy atom. The van der Waals surface area contributed by atoms with Crippen molar-refractivity contribution in [2.24, 2.45) is 4.99 Å². The minimum absolute atomic E-state index is 0. The normalized spacial score (nSPS) is 11.0. The molecular weight excluding hydrogens is 357 g/mol. The number of nitrogens with one attached hydrogen (secondary N) is 2. The number of nitrogens with zero attached hydrogens (tertiary/aromatic N) is 3. The fourth-order valence-electron chi connectivity index (χ4n) is 1.52. The Balaban J connectivity index is 0.00000324. The topological polar surface area (TPSA) is 63.5 Å². The van der Waals surface area contributed by atoms with Crippen LogP contribution in [0.25, 0.3) is 0 Å². The van der Waals surface area contributed by atoms with Gasteiger partial charge in [-0.2, -0.15) is 5.10 Å². The lowest BCUT2D eigenvalue weighted by Crippen LogP contribution is -2.39. The molecule has 0 aliphatic rings. The molecule has 0 atom stereocenters. The zero-order chi connectivity index (χ0) is 13.2. The first-order valence-corrected chi connectivity index (χ1v) is 6.18. The van der Waals surface area contributed by atoms with Crippen molar-refractivity contribution in [3.8, 4) is 0 Å². The summed E-state index contributed by atoms with van der Waals surface area (Å²) in [5.74, 6) is 0.815. The number of ether oxygens (including phenoxy) is 1.